The van der Waals surface area contributed by atoms with E-state index in [0.717, 1.165) is 24.9 Å². The number of aliphatic hydroxyl groups is 1. The smallest absolute Gasteiger partial charge is 0.0929 e. The van der Waals surface area contributed by atoms with Crippen LogP contribution < -0.4 is 0 Å². The Morgan fingerprint density at radius 1 is 1.73 bits per heavy atom. The molecule has 0 aliphatic heterocycles. The van der Waals surface area contributed by atoms with Gasteiger partial charge in [0.25, 0.3) is 0 Å². The first kappa shape index (κ1) is 6.85. The van der Waals surface area contributed by atoms with Gasteiger partial charge in [-0.25, -0.2) is 0 Å². The normalized spacial score (nSPS) is 20.2. The molecular weight excluding hydrogens is 140 g/mol. The zero-order valence-corrected chi connectivity index (χ0v) is 6.62. The minimum atomic E-state index is -0.520. The van der Waals surface area contributed by atoms with E-state index in [0.29, 0.717) is 0 Å². The van der Waals surface area contributed by atoms with Crippen LogP contribution in [0.4, 0.5) is 0 Å². The summed E-state index contributed by atoms with van der Waals surface area (Å²) in [6.45, 7) is 2.91. The molecule has 0 unspecified atom stereocenters. The average molecular weight is 152 g/mol. The van der Waals surface area contributed by atoms with Crippen molar-refractivity contribution in [2.45, 2.75) is 31.9 Å². The highest BCUT2D eigenvalue weighted by Crippen LogP contribution is 2.44. The van der Waals surface area contributed by atoms with Crippen LogP contribution in [-0.2, 0) is 12.1 Å². The van der Waals surface area contributed by atoms with Crippen LogP contribution in [0.1, 0.15) is 25.3 Å². The molecule has 1 aliphatic rings. The Morgan fingerprint density at radius 2 is 2.45 bits per heavy atom. The molecule has 11 heavy (non-hydrogen) atoms. The quantitative estimate of drug-likeness (QED) is 0.683. The number of rotatable bonds is 2. The van der Waals surface area contributed by atoms with Crippen LogP contribution in [0.3, 0.4) is 0 Å². The van der Waals surface area contributed by atoms with Crippen molar-refractivity contribution in [3.63, 3.8) is 0 Å². The maximum atomic E-state index is 9.66. The Hall–Kier alpha value is -0.830. The summed E-state index contributed by atoms with van der Waals surface area (Å²) in [7, 11) is 0. The topological polar surface area (TPSA) is 38.0 Å². The Labute approximate surface area is 65.7 Å². The highest BCUT2D eigenvalue weighted by atomic mass is 16.3. The maximum Gasteiger partial charge on any atom is 0.0929 e. The summed E-state index contributed by atoms with van der Waals surface area (Å²) in [5, 5.41) is 13.8. The van der Waals surface area contributed by atoms with Gasteiger partial charge < -0.3 is 5.11 Å². The SMILES string of the molecule is CCn1cc(C2(O)CC2)cn1. The minimum absolute atomic E-state index is 0.520. The van der Waals surface area contributed by atoms with Gasteiger partial charge in [0.1, 0.15) is 0 Å². The fourth-order valence-electron chi connectivity index (χ4n) is 1.18. The molecule has 1 aromatic heterocycles. The molecule has 60 valence electrons. The first-order valence-electron chi connectivity index (χ1n) is 4.00. The van der Waals surface area contributed by atoms with Crippen LogP contribution in [0.15, 0.2) is 12.4 Å². The minimum Gasteiger partial charge on any atom is -0.385 e. The summed E-state index contributed by atoms with van der Waals surface area (Å²) in [4.78, 5) is 0. The van der Waals surface area contributed by atoms with Gasteiger partial charge in [0.15, 0.2) is 0 Å². The average Bonchev–Trinajstić information content (AvgIpc) is 2.61. The van der Waals surface area contributed by atoms with Gasteiger partial charge in [-0.3, -0.25) is 4.68 Å². The fourth-order valence-corrected chi connectivity index (χ4v) is 1.18. The molecule has 2 rings (SSSR count). The fraction of sp³-hybridized carbons (Fsp3) is 0.625. The van der Waals surface area contributed by atoms with Crippen LogP contribution >= 0.6 is 0 Å². The number of hydrogen-bond acceptors (Lipinski definition) is 2. The van der Waals surface area contributed by atoms with Crippen molar-refractivity contribution in [1.29, 1.82) is 0 Å². The molecule has 1 saturated carbocycles. The van der Waals surface area contributed by atoms with Crippen LogP contribution in [0.5, 0.6) is 0 Å². The van der Waals surface area contributed by atoms with E-state index in [-0.39, 0.29) is 0 Å². The summed E-state index contributed by atoms with van der Waals surface area (Å²) in [5.41, 5.74) is 0.451. The van der Waals surface area contributed by atoms with E-state index in [1.54, 1.807) is 6.20 Å². The molecule has 3 heteroatoms. The van der Waals surface area contributed by atoms with Crippen LogP contribution in [0.2, 0.25) is 0 Å². The number of nitrogens with zero attached hydrogens (tertiary/aromatic N) is 2. The molecule has 0 atom stereocenters. The third-order valence-corrected chi connectivity index (χ3v) is 2.22. The van der Waals surface area contributed by atoms with Gasteiger partial charge >= 0.3 is 0 Å². The van der Waals surface area contributed by atoms with E-state index in [4.69, 9.17) is 0 Å². The third-order valence-electron chi connectivity index (χ3n) is 2.22. The molecule has 0 bridgehead atoms. The van der Waals surface area contributed by atoms with E-state index in [9.17, 15) is 5.11 Å². The van der Waals surface area contributed by atoms with E-state index < -0.39 is 5.60 Å². The summed E-state index contributed by atoms with van der Waals surface area (Å²) in [5.74, 6) is 0. The van der Waals surface area contributed by atoms with Gasteiger partial charge in [-0.1, -0.05) is 0 Å². The third kappa shape index (κ3) is 1.05. The molecule has 0 aromatic carbocycles. The van der Waals surface area contributed by atoms with E-state index in [2.05, 4.69) is 5.10 Å². The van der Waals surface area contributed by atoms with Crippen molar-refractivity contribution in [1.82, 2.24) is 9.78 Å². The van der Waals surface area contributed by atoms with Crippen LogP contribution in [-0.4, -0.2) is 14.9 Å². The first-order chi connectivity index (χ1) is 5.24. The molecule has 0 amide bonds. The van der Waals surface area contributed by atoms with Crippen molar-refractivity contribution >= 4 is 0 Å². The standard InChI is InChI=1S/C8H12N2O/c1-2-10-6-7(5-9-10)8(11)3-4-8/h5-6,11H,2-4H2,1H3. The van der Waals surface area contributed by atoms with Crippen molar-refractivity contribution in [3.05, 3.63) is 18.0 Å². The molecule has 0 saturated heterocycles. The van der Waals surface area contributed by atoms with Gasteiger partial charge in [-0.2, -0.15) is 5.10 Å². The second kappa shape index (κ2) is 2.08. The van der Waals surface area contributed by atoms with Gasteiger partial charge in [-0.15, -0.1) is 0 Å². The van der Waals surface area contributed by atoms with Gasteiger partial charge in [0, 0.05) is 18.3 Å². The number of aryl methyl sites for hydroxylation is 1. The first-order valence-corrected chi connectivity index (χ1v) is 4.00. The van der Waals surface area contributed by atoms with E-state index in [1.807, 2.05) is 17.8 Å². The molecule has 0 radical (unpaired) electrons. The van der Waals surface area contributed by atoms with Gasteiger partial charge in [0.05, 0.1) is 11.8 Å². The Morgan fingerprint density at radius 3 is 2.91 bits per heavy atom. The predicted molar refractivity (Wildman–Crippen MR) is 41.0 cm³/mol. The van der Waals surface area contributed by atoms with Crippen molar-refractivity contribution in [3.8, 4) is 0 Å². The maximum absolute atomic E-state index is 9.66. The van der Waals surface area contributed by atoms with Gasteiger partial charge in [-0.05, 0) is 19.8 Å². The summed E-state index contributed by atoms with van der Waals surface area (Å²) in [6, 6.07) is 0. The largest absolute Gasteiger partial charge is 0.385 e. The lowest BCUT2D eigenvalue weighted by atomic mass is 10.2. The molecule has 3 nitrogen and oxygen atoms in total. The molecular formula is C8H12N2O. The summed E-state index contributed by atoms with van der Waals surface area (Å²) < 4.78 is 1.84. The predicted octanol–water partition coefficient (Wildman–Crippen LogP) is 0.884. The molecule has 1 N–H and O–H groups in total. The van der Waals surface area contributed by atoms with Crippen LogP contribution in [0.25, 0.3) is 0 Å². The van der Waals surface area contributed by atoms with Crippen LogP contribution in [0, 0.1) is 0 Å². The van der Waals surface area contributed by atoms with Crippen molar-refractivity contribution < 1.29 is 5.11 Å². The number of aromatic nitrogens is 2. The Kier molecular flexibility index (Phi) is 1.29. The Bertz CT molecular complexity index is 263. The molecule has 1 aromatic rings. The molecule has 1 fully saturated rings. The second-order valence-corrected chi connectivity index (χ2v) is 3.12. The van der Waals surface area contributed by atoms with Gasteiger partial charge in [0.2, 0.25) is 0 Å². The highest BCUT2D eigenvalue weighted by molar-refractivity contribution is 5.21. The second-order valence-electron chi connectivity index (χ2n) is 3.12. The summed E-state index contributed by atoms with van der Waals surface area (Å²) in [6.07, 6.45) is 5.47. The van der Waals surface area contributed by atoms with Crippen molar-refractivity contribution in [2.24, 2.45) is 0 Å². The monoisotopic (exact) mass is 152 g/mol. The molecule has 1 aliphatic carbocycles. The summed E-state index contributed by atoms with van der Waals surface area (Å²) >= 11 is 0. The zero-order valence-electron chi connectivity index (χ0n) is 6.62. The lowest BCUT2D eigenvalue weighted by Crippen LogP contribution is -2.02. The van der Waals surface area contributed by atoms with E-state index in [1.165, 1.54) is 0 Å². The highest BCUT2D eigenvalue weighted by Gasteiger charge is 2.43. The zero-order chi connectivity index (χ0) is 7.90. The Balaban J connectivity index is 2.25. The van der Waals surface area contributed by atoms with Crippen molar-refractivity contribution in [2.75, 3.05) is 0 Å². The van der Waals surface area contributed by atoms with E-state index >= 15 is 0 Å². The molecule has 1 heterocycles. The number of hydrogen-bond donors (Lipinski definition) is 1. The lowest BCUT2D eigenvalue weighted by molar-refractivity contribution is 0.151. The molecule has 0 spiro atoms. The lowest BCUT2D eigenvalue weighted by Gasteiger charge is -2.00.